The number of benzene rings is 1. The number of aryl methyl sites for hydroxylation is 1. The molecular formula is C17H29ClN2. The number of rotatable bonds is 9. The number of nitrogens with zero attached hydrogens (tertiary/aromatic N) is 1. The minimum absolute atomic E-state index is 0.556. The van der Waals surface area contributed by atoms with Gasteiger partial charge in [0, 0.05) is 17.6 Å². The van der Waals surface area contributed by atoms with E-state index in [0.29, 0.717) is 6.04 Å². The first kappa shape index (κ1) is 17.5. The van der Waals surface area contributed by atoms with E-state index in [4.69, 9.17) is 11.6 Å². The molecule has 0 bridgehead atoms. The zero-order valence-electron chi connectivity index (χ0n) is 13.4. The maximum Gasteiger partial charge on any atom is 0.0408 e. The van der Waals surface area contributed by atoms with Crippen LogP contribution in [-0.4, -0.2) is 30.6 Å². The van der Waals surface area contributed by atoms with Gasteiger partial charge in [-0.1, -0.05) is 31.5 Å². The Morgan fingerprint density at radius 3 is 2.55 bits per heavy atom. The lowest BCUT2D eigenvalue weighted by Gasteiger charge is -2.20. The van der Waals surface area contributed by atoms with Crippen LogP contribution in [0.1, 0.15) is 44.7 Å². The first-order chi connectivity index (χ1) is 9.56. The van der Waals surface area contributed by atoms with Gasteiger partial charge in [-0.15, -0.1) is 0 Å². The third kappa shape index (κ3) is 6.25. The van der Waals surface area contributed by atoms with Gasteiger partial charge in [0.05, 0.1) is 0 Å². The summed E-state index contributed by atoms with van der Waals surface area (Å²) in [6, 6.07) is 6.67. The van der Waals surface area contributed by atoms with Crippen LogP contribution in [0.15, 0.2) is 18.2 Å². The van der Waals surface area contributed by atoms with Gasteiger partial charge in [-0.2, -0.15) is 0 Å². The van der Waals surface area contributed by atoms with Gasteiger partial charge in [0.15, 0.2) is 0 Å². The minimum atomic E-state index is 0.556. The van der Waals surface area contributed by atoms with E-state index in [1.807, 2.05) is 12.1 Å². The van der Waals surface area contributed by atoms with Crippen molar-refractivity contribution in [3.05, 3.63) is 34.3 Å². The van der Waals surface area contributed by atoms with Crippen molar-refractivity contribution in [1.82, 2.24) is 10.2 Å². The highest BCUT2D eigenvalue weighted by Crippen LogP contribution is 2.15. The second-order valence-electron chi connectivity index (χ2n) is 5.52. The van der Waals surface area contributed by atoms with E-state index >= 15 is 0 Å². The number of hydrogen-bond acceptors (Lipinski definition) is 2. The molecular weight excluding hydrogens is 268 g/mol. The Morgan fingerprint density at radius 2 is 1.95 bits per heavy atom. The highest BCUT2D eigenvalue weighted by Gasteiger charge is 2.05. The molecule has 0 saturated heterocycles. The van der Waals surface area contributed by atoms with Crippen molar-refractivity contribution in [3.8, 4) is 0 Å². The van der Waals surface area contributed by atoms with E-state index in [9.17, 15) is 0 Å². The Hall–Kier alpha value is -0.570. The van der Waals surface area contributed by atoms with Crippen molar-refractivity contribution in [2.24, 2.45) is 0 Å². The summed E-state index contributed by atoms with van der Waals surface area (Å²) in [5.74, 6) is 0. The first-order valence-electron chi connectivity index (χ1n) is 7.77. The molecule has 20 heavy (non-hydrogen) atoms. The fraction of sp³-hybridized carbons (Fsp3) is 0.647. The molecule has 1 rings (SSSR count). The molecule has 1 aromatic carbocycles. The van der Waals surface area contributed by atoms with Crippen LogP contribution in [-0.2, 0) is 6.54 Å². The summed E-state index contributed by atoms with van der Waals surface area (Å²) in [6.45, 7) is 13.3. The summed E-state index contributed by atoms with van der Waals surface area (Å²) >= 11 is 5.98. The normalized spacial score (nSPS) is 12.9. The van der Waals surface area contributed by atoms with Crippen molar-refractivity contribution >= 4 is 11.6 Å². The molecule has 0 fully saturated rings. The van der Waals surface area contributed by atoms with Crippen molar-refractivity contribution in [2.75, 3.05) is 19.6 Å². The molecule has 1 aromatic rings. The van der Waals surface area contributed by atoms with Gasteiger partial charge in [0.2, 0.25) is 0 Å². The molecule has 3 heteroatoms. The van der Waals surface area contributed by atoms with Crippen LogP contribution in [0.2, 0.25) is 5.02 Å². The monoisotopic (exact) mass is 296 g/mol. The zero-order chi connectivity index (χ0) is 15.0. The van der Waals surface area contributed by atoms with Crippen LogP contribution in [0.5, 0.6) is 0 Å². The van der Waals surface area contributed by atoms with Crippen molar-refractivity contribution in [2.45, 2.75) is 53.1 Å². The summed E-state index contributed by atoms with van der Waals surface area (Å²) in [5, 5.41) is 4.43. The number of nitrogens with one attached hydrogen (secondary N) is 1. The molecule has 0 saturated carbocycles. The van der Waals surface area contributed by atoms with E-state index in [2.05, 4.69) is 44.0 Å². The SMILES string of the molecule is CCN(CC)CCCC(C)NCc1ccc(Cl)cc1C. The lowest BCUT2D eigenvalue weighted by molar-refractivity contribution is 0.290. The predicted octanol–water partition coefficient (Wildman–Crippen LogP) is 4.25. The smallest absolute Gasteiger partial charge is 0.0408 e. The summed E-state index contributed by atoms with van der Waals surface area (Å²) < 4.78 is 0. The molecule has 0 aliphatic heterocycles. The van der Waals surface area contributed by atoms with Crippen LogP contribution in [0.3, 0.4) is 0 Å². The highest BCUT2D eigenvalue weighted by atomic mass is 35.5. The molecule has 0 aliphatic rings. The molecule has 114 valence electrons. The van der Waals surface area contributed by atoms with Crippen LogP contribution in [0.25, 0.3) is 0 Å². The lowest BCUT2D eigenvalue weighted by Crippen LogP contribution is -2.29. The van der Waals surface area contributed by atoms with Crippen molar-refractivity contribution in [3.63, 3.8) is 0 Å². The molecule has 0 heterocycles. The molecule has 0 aromatic heterocycles. The number of hydrogen-bond donors (Lipinski definition) is 1. The molecule has 0 amide bonds. The standard InChI is InChI=1S/C17H29ClN2/c1-5-20(6-2)11-7-8-15(4)19-13-16-9-10-17(18)12-14(16)3/h9-10,12,15,19H,5-8,11,13H2,1-4H3. The Morgan fingerprint density at radius 1 is 1.25 bits per heavy atom. The van der Waals surface area contributed by atoms with Crippen LogP contribution in [0.4, 0.5) is 0 Å². The predicted molar refractivity (Wildman–Crippen MR) is 89.5 cm³/mol. The van der Waals surface area contributed by atoms with Crippen molar-refractivity contribution < 1.29 is 0 Å². The second kappa shape index (κ2) is 9.38. The average Bonchev–Trinajstić information content (AvgIpc) is 2.42. The maximum atomic E-state index is 5.98. The van der Waals surface area contributed by atoms with E-state index in [0.717, 1.165) is 24.7 Å². The van der Waals surface area contributed by atoms with Crippen LogP contribution >= 0.6 is 11.6 Å². The third-order valence-electron chi connectivity index (χ3n) is 3.95. The van der Waals surface area contributed by atoms with Crippen molar-refractivity contribution in [1.29, 1.82) is 0 Å². The third-order valence-corrected chi connectivity index (χ3v) is 4.19. The highest BCUT2D eigenvalue weighted by molar-refractivity contribution is 6.30. The van der Waals surface area contributed by atoms with Gasteiger partial charge >= 0.3 is 0 Å². The van der Waals surface area contributed by atoms with Gasteiger partial charge in [-0.25, -0.2) is 0 Å². The van der Waals surface area contributed by atoms with E-state index in [1.165, 1.54) is 30.5 Å². The molecule has 0 aliphatic carbocycles. The van der Waals surface area contributed by atoms with Crippen LogP contribution in [0, 0.1) is 6.92 Å². The largest absolute Gasteiger partial charge is 0.310 e. The van der Waals surface area contributed by atoms with Gasteiger partial charge in [-0.3, -0.25) is 0 Å². The molecule has 2 nitrogen and oxygen atoms in total. The zero-order valence-corrected chi connectivity index (χ0v) is 14.1. The summed E-state index contributed by atoms with van der Waals surface area (Å²) in [6.07, 6.45) is 2.48. The first-order valence-corrected chi connectivity index (χ1v) is 8.15. The van der Waals surface area contributed by atoms with E-state index in [-0.39, 0.29) is 0 Å². The van der Waals surface area contributed by atoms with Gasteiger partial charge in [0.25, 0.3) is 0 Å². The van der Waals surface area contributed by atoms with Gasteiger partial charge in [-0.05, 0) is 69.6 Å². The lowest BCUT2D eigenvalue weighted by atomic mass is 10.1. The molecule has 1 atom stereocenters. The average molecular weight is 297 g/mol. The fourth-order valence-corrected chi connectivity index (χ4v) is 2.63. The Labute approximate surface area is 129 Å². The minimum Gasteiger partial charge on any atom is -0.310 e. The van der Waals surface area contributed by atoms with Gasteiger partial charge < -0.3 is 10.2 Å². The number of halogens is 1. The Kier molecular flexibility index (Phi) is 8.20. The quantitative estimate of drug-likeness (QED) is 0.733. The summed E-state index contributed by atoms with van der Waals surface area (Å²) in [7, 11) is 0. The molecule has 0 radical (unpaired) electrons. The van der Waals surface area contributed by atoms with E-state index < -0.39 is 0 Å². The Bertz CT molecular complexity index is 389. The van der Waals surface area contributed by atoms with Gasteiger partial charge in [0.1, 0.15) is 0 Å². The van der Waals surface area contributed by atoms with E-state index in [1.54, 1.807) is 0 Å². The topological polar surface area (TPSA) is 15.3 Å². The molecule has 1 N–H and O–H groups in total. The summed E-state index contributed by atoms with van der Waals surface area (Å²) in [4.78, 5) is 2.48. The maximum absolute atomic E-state index is 5.98. The Balaban J connectivity index is 2.27. The van der Waals surface area contributed by atoms with Crippen LogP contribution < -0.4 is 5.32 Å². The molecule has 0 spiro atoms. The fourth-order valence-electron chi connectivity index (χ4n) is 2.40. The summed E-state index contributed by atoms with van der Waals surface area (Å²) in [5.41, 5.74) is 2.60. The second-order valence-corrected chi connectivity index (χ2v) is 5.96. The molecule has 1 unspecified atom stereocenters.